The van der Waals surface area contributed by atoms with E-state index in [0.717, 1.165) is 18.5 Å². The monoisotopic (exact) mass is 265 g/mol. The van der Waals surface area contributed by atoms with E-state index in [1.54, 1.807) is 17.0 Å². The molecule has 0 aromatic heterocycles. The molecule has 0 saturated heterocycles. The first-order chi connectivity index (χ1) is 8.83. The molecule has 0 bridgehead atoms. The van der Waals surface area contributed by atoms with Gasteiger partial charge in [0.15, 0.2) is 0 Å². The minimum Gasteiger partial charge on any atom is -0.312 e. The van der Waals surface area contributed by atoms with E-state index in [-0.39, 0.29) is 17.1 Å². The number of rotatable bonds is 5. The number of hydrogen-bond donors (Lipinski definition) is 0. The smallest absolute Gasteiger partial charge is 0.227 e. The van der Waals surface area contributed by atoms with E-state index in [0.29, 0.717) is 13.0 Å². The largest absolute Gasteiger partial charge is 0.312 e. The van der Waals surface area contributed by atoms with Gasteiger partial charge in [0, 0.05) is 18.7 Å². The van der Waals surface area contributed by atoms with E-state index in [1.165, 1.54) is 12.1 Å². The first kappa shape index (κ1) is 15.7. The number of halogens is 1. The zero-order valence-corrected chi connectivity index (χ0v) is 12.4. The first-order valence-electron chi connectivity index (χ1n) is 6.89. The molecule has 0 fully saturated rings. The Bertz CT molecular complexity index is 406. The van der Waals surface area contributed by atoms with Crippen molar-refractivity contribution in [2.45, 2.75) is 47.0 Å². The number of carbonyl (C=O) groups is 1. The maximum absolute atomic E-state index is 13.0. The fourth-order valence-electron chi connectivity index (χ4n) is 1.88. The highest BCUT2D eigenvalue weighted by atomic mass is 19.1. The Hall–Kier alpha value is -1.38. The van der Waals surface area contributed by atoms with Gasteiger partial charge in [-0.2, -0.15) is 0 Å². The lowest BCUT2D eigenvalue weighted by Crippen LogP contribution is -2.34. The highest BCUT2D eigenvalue weighted by Gasteiger charge is 2.22. The summed E-state index contributed by atoms with van der Waals surface area (Å²) in [6.07, 6.45) is 2.47. The van der Waals surface area contributed by atoms with Gasteiger partial charge >= 0.3 is 0 Å². The van der Waals surface area contributed by atoms with E-state index < -0.39 is 0 Å². The van der Waals surface area contributed by atoms with Crippen molar-refractivity contribution >= 4 is 11.6 Å². The molecule has 3 heteroatoms. The molecule has 1 aromatic rings. The highest BCUT2D eigenvalue weighted by Crippen LogP contribution is 2.23. The fourth-order valence-corrected chi connectivity index (χ4v) is 1.88. The first-order valence-corrected chi connectivity index (χ1v) is 6.89. The Balaban J connectivity index is 2.87. The van der Waals surface area contributed by atoms with Crippen LogP contribution in [0.4, 0.5) is 10.1 Å². The van der Waals surface area contributed by atoms with Gasteiger partial charge in [-0.3, -0.25) is 4.79 Å². The van der Waals surface area contributed by atoms with Crippen LogP contribution in [0.15, 0.2) is 24.3 Å². The predicted octanol–water partition coefficient (Wildman–Crippen LogP) is 4.40. The minimum absolute atomic E-state index is 0.0401. The lowest BCUT2D eigenvalue weighted by atomic mass is 9.91. The quantitative estimate of drug-likeness (QED) is 0.773. The summed E-state index contributed by atoms with van der Waals surface area (Å²) in [4.78, 5) is 14.2. The summed E-state index contributed by atoms with van der Waals surface area (Å²) >= 11 is 0. The van der Waals surface area contributed by atoms with Crippen molar-refractivity contribution in [3.05, 3.63) is 30.1 Å². The summed E-state index contributed by atoms with van der Waals surface area (Å²) in [6, 6.07) is 6.15. The Kier molecular flexibility index (Phi) is 5.52. The molecule has 1 amide bonds. The molecule has 1 aromatic carbocycles. The van der Waals surface area contributed by atoms with Crippen LogP contribution in [0.2, 0.25) is 0 Å². The molecule has 0 aliphatic rings. The van der Waals surface area contributed by atoms with Gasteiger partial charge in [0.25, 0.3) is 0 Å². The van der Waals surface area contributed by atoms with Gasteiger partial charge in [-0.05, 0) is 36.1 Å². The van der Waals surface area contributed by atoms with Crippen molar-refractivity contribution in [2.75, 3.05) is 11.4 Å². The van der Waals surface area contributed by atoms with Crippen LogP contribution in [-0.2, 0) is 4.79 Å². The van der Waals surface area contributed by atoms with E-state index in [2.05, 4.69) is 6.92 Å². The maximum atomic E-state index is 13.0. The van der Waals surface area contributed by atoms with Crippen molar-refractivity contribution in [1.82, 2.24) is 0 Å². The number of anilines is 1. The average molecular weight is 265 g/mol. The van der Waals surface area contributed by atoms with Crippen molar-refractivity contribution in [3.63, 3.8) is 0 Å². The van der Waals surface area contributed by atoms with Crippen LogP contribution in [0.3, 0.4) is 0 Å². The number of amides is 1. The standard InChI is InChI=1S/C16H24FNO/c1-5-6-11-18(15(19)12-16(2,3)4)14-9-7-13(17)8-10-14/h7-10H,5-6,11-12H2,1-4H3. The molecule has 1 rings (SSSR count). The van der Waals surface area contributed by atoms with Crippen LogP contribution < -0.4 is 4.90 Å². The van der Waals surface area contributed by atoms with Crippen molar-refractivity contribution in [3.8, 4) is 0 Å². The molecule has 0 aliphatic carbocycles. The van der Waals surface area contributed by atoms with Gasteiger partial charge in [0.1, 0.15) is 5.82 Å². The molecule has 0 spiro atoms. The zero-order chi connectivity index (χ0) is 14.5. The molecule has 2 nitrogen and oxygen atoms in total. The number of hydrogen-bond acceptors (Lipinski definition) is 1. The molecular formula is C16H24FNO. The lowest BCUT2D eigenvalue weighted by Gasteiger charge is -2.26. The van der Waals surface area contributed by atoms with Gasteiger partial charge in [-0.1, -0.05) is 34.1 Å². The third kappa shape index (κ3) is 5.41. The van der Waals surface area contributed by atoms with Gasteiger partial charge in [-0.25, -0.2) is 4.39 Å². The Labute approximate surface area is 115 Å². The lowest BCUT2D eigenvalue weighted by molar-refractivity contribution is -0.120. The fraction of sp³-hybridized carbons (Fsp3) is 0.562. The summed E-state index contributed by atoms with van der Waals surface area (Å²) in [6.45, 7) is 8.93. The predicted molar refractivity (Wildman–Crippen MR) is 77.7 cm³/mol. The van der Waals surface area contributed by atoms with Crippen molar-refractivity contribution < 1.29 is 9.18 Å². The Morgan fingerprint density at radius 2 is 1.79 bits per heavy atom. The van der Waals surface area contributed by atoms with Crippen LogP contribution in [0.1, 0.15) is 47.0 Å². The van der Waals surface area contributed by atoms with Gasteiger partial charge in [0.05, 0.1) is 0 Å². The second-order valence-corrected chi connectivity index (χ2v) is 6.11. The number of carbonyl (C=O) groups excluding carboxylic acids is 1. The van der Waals surface area contributed by atoms with Crippen molar-refractivity contribution in [2.24, 2.45) is 5.41 Å². The summed E-state index contributed by atoms with van der Waals surface area (Å²) in [5.41, 5.74) is 0.741. The summed E-state index contributed by atoms with van der Waals surface area (Å²) in [7, 11) is 0. The van der Waals surface area contributed by atoms with Crippen LogP contribution in [0, 0.1) is 11.2 Å². The second-order valence-electron chi connectivity index (χ2n) is 6.11. The molecule has 0 unspecified atom stereocenters. The minimum atomic E-state index is -0.275. The number of nitrogens with zero attached hydrogens (tertiary/aromatic N) is 1. The van der Waals surface area contributed by atoms with Crippen LogP contribution in [0.5, 0.6) is 0 Å². The molecule has 0 heterocycles. The van der Waals surface area contributed by atoms with Crippen LogP contribution in [0.25, 0.3) is 0 Å². The summed E-state index contributed by atoms with van der Waals surface area (Å²) in [5, 5.41) is 0. The summed E-state index contributed by atoms with van der Waals surface area (Å²) in [5.74, 6) is -0.171. The van der Waals surface area contributed by atoms with E-state index in [9.17, 15) is 9.18 Å². The molecule has 0 saturated carbocycles. The third-order valence-electron chi connectivity index (χ3n) is 2.86. The molecule has 19 heavy (non-hydrogen) atoms. The van der Waals surface area contributed by atoms with Gasteiger partial charge in [-0.15, -0.1) is 0 Å². The SMILES string of the molecule is CCCCN(C(=O)CC(C)(C)C)c1ccc(F)cc1. The molecular weight excluding hydrogens is 241 g/mol. The topological polar surface area (TPSA) is 20.3 Å². The number of benzene rings is 1. The third-order valence-corrected chi connectivity index (χ3v) is 2.86. The van der Waals surface area contributed by atoms with E-state index >= 15 is 0 Å². The van der Waals surface area contributed by atoms with Crippen LogP contribution in [-0.4, -0.2) is 12.5 Å². The van der Waals surface area contributed by atoms with E-state index in [1.807, 2.05) is 20.8 Å². The van der Waals surface area contributed by atoms with Gasteiger partial charge in [0.2, 0.25) is 5.91 Å². The Morgan fingerprint density at radius 1 is 1.21 bits per heavy atom. The molecule has 0 radical (unpaired) electrons. The molecule has 0 N–H and O–H groups in total. The number of unbranched alkanes of at least 4 members (excludes halogenated alkanes) is 1. The highest BCUT2D eigenvalue weighted by molar-refractivity contribution is 5.93. The molecule has 0 aliphatic heterocycles. The second kappa shape index (κ2) is 6.69. The van der Waals surface area contributed by atoms with Crippen molar-refractivity contribution in [1.29, 1.82) is 0 Å². The molecule has 106 valence electrons. The van der Waals surface area contributed by atoms with Gasteiger partial charge < -0.3 is 4.90 Å². The summed E-state index contributed by atoms with van der Waals surface area (Å²) < 4.78 is 13.0. The van der Waals surface area contributed by atoms with E-state index in [4.69, 9.17) is 0 Å². The molecule has 0 atom stereocenters. The normalized spacial score (nSPS) is 11.4. The zero-order valence-electron chi connectivity index (χ0n) is 12.4. The van der Waals surface area contributed by atoms with Crippen LogP contribution >= 0.6 is 0 Å². The Morgan fingerprint density at radius 3 is 2.26 bits per heavy atom. The average Bonchev–Trinajstić information content (AvgIpc) is 2.29. The maximum Gasteiger partial charge on any atom is 0.227 e.